The average molecular weight is 378 g/mol. The first kappa shape index (κ1) is 21.6. The minimum absolute atomic E-state index is 0. The summed E-state index contributed by atoms with van der Waals surface area (Å²) in [5.41, 5.74) is 7.49. The summed E-state index contributed by atoms with van der Waals surface area (Å²) in [5.74, 6) is 0.0313. The van der Waals surface area contributed by atoms with Gasteiger partial charge in [-0.2, -0.15) is 0 Å². The molecule has 0 unspecified atom stereocenters. The smallest absolute Gasteiger partial charge is 0.269 e. The standard InChI is InChI=1S/C19H23N3O3.ClH/c20-12-5-13-21(15-17-6-2-1-3-7-17)19(23)11-10-16-8-4-9-18(14-16)22(24)25;/h1-4,6-9,14H,5,10-13,15,20H2;1H. The van der Waals surface area contributed by atoms with Crippen LogP contribution in [0.15, 0.2) is 54.6 Å². The Bertz CT molecular complexity index is 710. The molecule has 2 N–H and O–H groups in total. The first-order valence-corrected chi connectivity index (χ1v) is 8.35. The molecule has 0 aliphatic carbocycles. The van der Waals surface area contributed by atoms with Crippen LogP contribution in [0.5, 0.6) is 0 Å². The maximum Gasteiger partial charge on any atom is 0.269 e. The number of halogens is 1. The zero-order chi connectivity index (χ0) is 18.1. The molecule has 140 valence electrons. The quantitative estimate of drug-likeness (QED) is 0.536. The summed E-state index contributed by atoms with van der Waals surface area (Å²) in [5, 5.41) is 10.8. The van der Waals surface area contributed by atoms with Crippen LogP contribution >= 0.6 is 12.4 Å². The number of aryl methyl sites for hydroxylation is 1. The molecule has 0 fully saturated rings. The zero-order valence-electron chi connectivity index (χ0n) is 14.5. The highest BCUT2D eigenvalue weighted by Gasteiger charge is 2.14. The molecular weight excluding hydrogens is 354 g/mol. The molecule has 0 radical (unpaired) electrons. The second kappa shape index (κ2) is 11.2. The lowest BCUT2D eigenvalue weighted by Gasteiger charge is -2.23. The molecule has 0 aliphatic heterocycles. The zero-order valence-corrected chi connectivity index (χ0v) is 15.4. The topological polar surface area (TPSA) is 89.5 Å². The van der Waals surface area contributed by atoms with Gasteiger partial charge in [0.05, 0.1) is 4.92 Å². The van der Waals surface area contributed by atoms with Gasteiger partial charge in [0.15, 0.2) is 0 Å². The number of nitro groups is 1. The van der Waals surface area contributed by atoms with Crippen molar-refractivity contribution in [2.75, 3.05) is 13.1 Å². The van der Waals surface area contributed by atoms with E-state index in [2.05, 4.69) is 0 Å². The summed E-state index contributed by atoms with van der Waals surface area (Å²) in [7, 11) is 0. The van der Waals surface area contributed by atoms with Crippen LogP contribution in [0.25, 0.3) is 0 Å². The van der Waals surface area contributed by atoms with E-state index < -0.39 is 4.92 Å². The van der Waals surface area contributed by atoms with Gasteiger partial charge in [-0.3, -0.25) is 14.9 Å². The Kier molecular flexibility index (Phi) is 9.33. The maximum absolute atomic E-state index is 12.6. The fraction of sp³-hybridized carbons (Fsp3) is 0.316. The monoisotopic (exact) mass is 377 g/mol. The number of carbonyl (C=O) groups is 1. The number of non-ortho nitro benzene ring substituents is 1. The van der Waals surface area contributed by atoms with Crippen LogP contribution in [0.2, 0.25) is 0 Å². The second-order valence-electron chi connectivity index (χ2n) is 5.87. The van der Waals surface area contributed by atoms with Crippen molar-refractivity contribution in [2.24, 2.45) is 5.73 Å². The van der Waals surface area contributed by atoms with Gasteiger partial charge in [-0.15, -0.1) is 12.4 Å². The molecule has 0 spiro atoms. The van der Waals surface area contributed by atoms with Gasteiger partial charge in [0, 0.05) is 31.6 Å². The number of nitro benzene ring substituents is 1. The van der Waals surface area contributed by atoms with E-state index in [0.29, 0.717) is 32.5 Å². The molecule has 0 bridgehead atoms. The Labute approximate surface area is 159 Å². The van der Waals surface area contributed by atoms with Crippen LogP contribution in [0, 0.1) is 10.1 Å². The van der Waals surface area contributed by atoms with Gasteiger partial charge in [-0.05, 0) is 30.5 Å². The fourth-order valence-corrected chi connectivity index (χ4v) is 2.61. The molecular formula is C19H24ClN3O3. The van der Waals surface area contributed by atoms with Crippen molar-refractivity contribution < 1.29 is 9.72 Å². The van der Waals surface area contributed by atoms with Crippen LogP contribution in [0.3, 0.4) is 0 Å². The number of rotatable bonds is 9. The summed E-state index contributed by atoms with van der Waals surface area (Å²) in [6.07, 6.45) is 1.54. The summed E-state index contributed by atoms with van der Waals surface area (Å²) in [4.78, 5) is 24.8. The van der Waals surface area contributed by atoms with Crippen LogP contribution in [-0.4, -0.2) is 28.8 Å². The summed E-state index contributed by atoms with van der Waals surface area (Å²) < 4.78 is 0. The molecule has 2 rings (SSSR count). The molecule has 0 atom stereocenters. The maximum atomic E-state index is 12.6. The van der Waals surface area contributed by atoms with Crippen LogP contribution in [0.4, 0.5) is 5.69 Å². The van der Waals surface area contributed by atoms with E-state index in [1.165, 1.54) is 12.1 Å². The molecule has 0 heterocycles. The lowest BCUT2D eigenvalue weighted by atomic mass is 10.1. The minimum Gasteiger partial charge on any atom is -0.338 e. The number of amides is 1. The molecule has 1 amide bonds. The van der Waals surface area contributed by atoms with Crippen LogP contribution in [0.1, 0.15) is 24.0 Å². The normalized spacial score (nSPS) is 10.0. The number of hydrogen-bond acceptors (Lipinski definition) is 4. The molecule has 2 aromatic carbocycles. The number of carbonyl (C=O) groups excluding carboxylic acids is 1. The van der Waals surface area contributed by atoms with E-state index in [1.807, 2.05) is 36.4 Å². The predicted molar refractivity (Wildman–Crippen MR) is 104 cm³/mol. The number of nitrogens with two attached hydrogens (primary N) is 1. The van der Waals surface area contributed by atoms with Gasteiger partial charge in [0.2, 0.25) is 5.91 Å². The van der Waals surface area contributed by atoms with Crippen LogP contribution in [-0.2, 0) is 17.8 Å². The Hall–Kier alpha value is -2.44. The molecule has 6 nitrogen and oxygen atoms in total. The average Bonchev–Trinajstić information content (AvgIpc) is 2.64. The summed E-state index contributed by atoms with van der Waals surface area (Å²) in [6.45, 7) is 1.69. The highest BCUT2D eigenvalue weighted by Crippen LogP contribution is 2.15. The van der Waals surface area contributed by atoms with Gasteiger partial charge < -0.3 is 10.6 Å². The van der Waals surface area contributed by atoms with E-state index >= 15 is 0 Å². The Morgan fingerprint density at radius 1 is 1.08 bits per heavy atom. The minimum atomic E-state index is -0.422. The van der Waals surface area contributed by atoms with Crippen LogP contribution < -0.4 is 5.73 Å². The lowest BCUT2D eigenvalue weighted by Crippen LogP contribution is -2.32. The van der Waals surface area contributed by atoms with Crippen molar-refractivity contribution in [2.45, 2.75) is 25.8 Å². The molecule has 0 aliphatic rings. The SMILES string of the molecule is Cl.NCCCN(Cc1ccccc1)C(=O)CCc1cccc([N+](=O)[O-])c1. The lowest BCUT2D eigenvalue weighted by molar-refractivity contribution is -0.384. The number of nitrogens with zero attached hydrogens (tertiary/aromatic N) is 2. The van der Waals surface area contributed by atoms with Crippen molar-refractivity contribution in [3.8, 4) is 0 Å². The van der Waals surface area contributed by atoms with E-state index in [9.17, 15) is 14.9 Å². The van der Waals surface area contributed by atoms with Crippen molar-refractivity contribution in [1.82, 2.24) is 4.90 Å². The third-order valence-electron chi connectivity index (χ3n) is 3.95. The van der Waals surface area contributed by atoms with E-state index in [0.717, 1.165) is 17.5 Å². The Morgan fingerprint density at radius 2 is 1.77 bits per heavy atom. The Morgan fingerprint density at radius 3 is 2.42 bits per heavy atom. The third-order valence-corrected chi connectivity index (χ3v) is 3.95. The van der Waals surface area contributed by atoms with Crippen molar-refractivity contribution in [3.05, 3.63) is 75.8 Å². The highest BCUT2D eigenvalue weighted by molar-refractivity contribution is 5.85. The molecule has 26 heavy (non-hydrogen) atoms. The van der Waals surface area contributed by atoms with Gasteiger partial charge in [0.1, 0.15) is 0 Å². The molecule has 0 saturated heterocycles. The highest BCUT2D eigenvalue weighted by atomic mass is 35.5. The summed E-state index contributed by atoms with van der Waals surface area (Å²) in [6, 6.07) is 16.2. The molecule has 7 heteroatoms. The van der Waals surface area contributed by atoms with Gasteiger partial charge in [0.25, 0.3) is 5.69 Å². The van der Waals surface area contributed by atoms with Gasteiger partial charge in [-0.25, -0.2) is 0 Å². The van der Waals surface area contributed by atoms with Crippen molar-refractivity contribution in [3.63, 3.8) is 0 Å². The number of hydrogen-bond donors (Lipinski definition) is 1. The predicted octanol–water partition coefficient (Wildman–Crippen LogP) is 3.33. The molecule has 0 saturated carbocycles. The second-order valence-corrected chi connectivity index (χ2v) is 5.87. The molecule has 2 aromatic rings. The number of benzene rings is 2. The summed E-state index contributed by atoms with van der Waals surface area (Å²) >= 11 is 0. The Balaban J connectivity index is 0.00000338. The first-order chi connectivity index (χ1) is 12.1. The largest absolute Gasteiger partial charge is 0.338 e. The molecule has 0 aromatic heterocycles. The van der Waals surface area contributed by atoms with E-state index in [4.69, 9.17) is 5.73 Å². The fourth-order valence-electron chi connectivity index (χ4n) is 2.61. The third kappa shape index (κ3) is 6.82. The van der Waals surface area contributed by atoms with Crippen molar-refractivity contribution in [1.29, 1.82) is 0 Å². The van der Waals surface area contributed by atoms with Crippen molar-refractivity contribution >= 4 is 24.0 Å². The van der Waals surface area contributed by atoms with Gasteiger partial charge >= 0.3 is 0 Å². The van der Waals surface area contributed by atoms with E-state index in [-0.39, 0.29) is 24.0 Å². The first-order valence-electron chi connectivity index (χ1n) is 8.35. The van der Waals surface area contributed by atoms with Gasteiger partial charge in [-0.1, -0.05) is 42.5 Å². The van der Waals surface area contributed by atoms with E-state index in [1.54, 1.807) is 11.0 Å².